The summed E-state index contributed by atoms with van der Waals surface area (Å²) >= 11 is 0. The van der Waals surface area contributed by atoms with E-state index in [1.165, 1.54) is 45.1 Å². The lowest BCUT2D eigenvalue weighted by Gasteiger charge is -2.45. The maximum atomic E-state index is 2.86. The highest BCUT2D eigenvalue weighted by Crippen LogP contribution is 2.44. The van der Waals surface area contributed by atoms with Crippen LogP contribution in [-0.2, 0) is 0 Å². The molecule has 1 nitrogen and oxygen atoms in total. The van der Waals surface area contributed by atoms with Gasteiger partial charge >= 0.3 is 0 Å². The van der Waals surface area contributed by atoms with Gasteiger partial charge in [-0.25, -0.2) is 0 Å². The second kappa shape index (κ2) is 6.05. The molecule has 0 aliphatic carbocycles. The van der Waals surface area contributed by atoms with E-state index in [2.05, 4.69) is 25.7 Å². The molecule has 1 heteroatoms. The molecule has 2 heterocycles. The Bertz CT molecular complexity index is 200. The van der Waals surface area contributed by atoms with Crippen LogP contribution in [0.1, 0.15) is 73.1 Å². The molecule has 0 N–H and O–H groups in total. The number of rotatable bonds is 2. The van der Waals surface area contributed by atoms with Gasteiger partial charge in [0.1, 0.15) is 0 Å². The molecule has 2 fully saturated rings. The number of hydrogen-bond acceptors (Lipinski definition) is 1. The van der Waals surface area contributed by atoms with E-state index in [1.54, 1.807) is 0 Å². The van der Waals surface area contributed by atoms with E-state index in [4.69, 9.17) is 0 Å². The van der Waals surface area contributed by atoms with Gasteiger partial charge in [0, 0.05) is 11.6 Å². The normalized spacial score (nSPS) is 34.5. The van der Waals surface area contributed by atoms with Gasteiger partial charge in [0.15, 0.2) is 0 Å². The fourth-order valence-corrected chi connectivity index (χ4v) is 3.73. The first-order valence-electron chi connectivity index (χ1n) is 7.46. The summed E-state index contributed by atoms with van der Waals surface area (Å²) in [6.45, 7) is 12.5. The molecule has 16 heavy (non-hydrogen) atoms. The minimum atomic E-state index is 0.618. The topological polar surface area (TPSA) is 3.24 Å². The summed E-state index contributed by atoms with van der Waals surface area (Å²) in [7, 11) is 0. The van der Waals surface area contributed by atoms with Crippen LogP contribution in [0.2, 0.25) is 0 Å². The molecule has 0 spiro atoms. The first kappa shape index (κ1) is 14.0. The first-order chi connectivity index (χ1) is 7.69. The van der Waals surface area contributed by atoms with Gasteiger partial charge in [-0.2, -0.15) is 0 Å². The molecule has 2 rings (SSSR count). The Kier molecular flexibility index (Phi) is 5.30. The summed E-state index contributed by atoms with van der Waals surface area (Å²) in [5.74, 6) is 0.849. The lowest BCUT2D eigenvalue weighted by molar-refractivity contribution is 0.0397. The second-order valence-corrected chi connectivity index (χ2v) is 5.58. The number of nitrogens with zero attached hydrogens (tertiary/aromatic N) is 1. The Morgan fingerprint density at radius 2 is 1.88 bits per heavy atom. The molecule has 0 saturated carbocycles. The molecule has 0 aromatic carbocycles. The maximum Gasteiger partial charge on any atom is 0.0210 e. The SMILES string of the molecule is CC.CCC12CCCCN1C(C(C)C)CC2. The Morgan fingerprint density at radius 3 is 2.44 bits per heavy atom. The van der Waals surface area contributed by atoms with Crippen molar-refractivity contribution in [3.8, 4) is 0 Å². The molecule has 2 saturated heterocycles. The predicted molar refractivity (Wildman–Crippen MR) is 72.8 cm³/mol. The van der Waals surface area contributed by atoms with E-state index in [0.29, 0.717) is 5.54 Å². The fraction of sp³-hybridized carbons (Fsp3) is 1.00. The van der Waals surface area contributed by atoms with E-state index >= 15 is 0 Å². The van der Waals surface area contributed by atoms with Crippen LogP contribution in [0, 0.1) is 5.92 Å². The van der Waals surface area contributed by atoms with Gasteiger partial charge < -0.3 is 0 Å². The molecule has 2 aliphatic rings. The van der Waals surface area contributed by atoms with Crippen molar-refractivity contribution in [3.05, 3.63) is 0 Å². The number of fused-ring (bicyclic) bond motifs is 1. The van der Waals surface area contributed by atoms with Gasteiger partial charge in [-0.15, -0.1) is 0 Å². The molecule has 2 unspecified atom stereocenters. The van der Waals surface area contributed by atoms with Crippen molar-refractivity contribution in [1.82, 2.24) is 4.90 Å². The predicted octanol–water partition coefficient (Wildman–Crippen LogP) is 4.47. The largest absolute Gasteiger partial charge is 0.294 e. The highest BCUT2D eigenvalue weighted by atomic mass is 15.3. The van der Waals surface area contributed by atoms with Crippen LogP contribution in [0.3, 0.4) is 0 Å². The van der Waals surface area contributed by atoms with Gasteiger partial charge in [-0.05, 0) is 44.6 Å². The molecule has 0 aromatic rings. The van der Waals surface area contributed by atoms with Crippen LogP contribution in [0.4, 0.5) is 0 Å². The monoisotopic (exact) mass is 225 g/mol. The summed E-state index contributed by atoms with van der Waals surface area (Å²) in [4.78, 5) is 2.86. The molecular weight excluding hydrogens is 194 g/mol. The lowest BCUT2D eigenvalue weighted by atomic mass is 9.84. The van der Waals surface area contributed by atoms with Crippen LogP contribution in [0.5, 0.6) is 0 Å². The van der Waals surface area contributed by atoms with Crippen molar-refractivity contribution in [2.24, 2.45) is 5.92 Å². The van der Waals surface area contributed by atoms with Crippen LogP contribution in [0.25, 0.3) is 0 Å². The standard InChI is InChI=1S/C13H25N.C2H6/c1-4-13-8-5-6-10-14(13)12(7-9-13)11(2)3;1-2/h11-12H,4-10H2,1-3H3;1-2H3. The summed E-state index contributed by atoms with van der Waals surface area (Å²) in [6.07, 6.45) is 8.65. The molecule has 0 radical (unpaired) electrons. The van der Waals surface area contributed by atoms with Crippen LogP contribution in [-0.4, -0.2) is 23.0 Å². The van der Waals surface area contributed by atoms with Gasteiger partial charge in [0.2, 0.25) is 0 Å². The minimum Gasteiger partial charge on any atom is -0.294 e. The maximum absolute atomic E-state index is 2.86. The molecule has 96 valence electrons. The van der Waals surface area contributed by atoms with Crippen molar-refractivity contribution in [2.75, 3.05) is 6.54 Å². The van der Waals surface area contributed by atoms with Gasteiger partial charge in [0.25, 0.3) is 0 Å². The Labute approximate surface area is 103 Å². The average molecular weight is 225 g/mol. The zero-order valence-electron chi connectivity index (χ0n) is 12.1. The summed E-state index contributed by atoms with van der Waals surface area (Å²) < 4.78 is 0. The third kappa shape index (κ3) is 2.45. The summed E-state index contributed by atoms with van der Waals surface area (Å²) in [5.41, 5.74) is 0.618. The summed E-state index contributed by atoms with van der Waals surface area (Å²) in [5, 5.41) is 0. The second-order valence-electron chi connectivity index (χ2n) is 5.58. The van der Waals surface area contributed by atoms with Crippen LogP contribution >= 0.6 is 0 Å². The van der Waals surface area contributed by atoms with Gasteiger partial charge in [-0.1, -0.05) is 41.0 Å². The van der Waals surface area contributed by atoms with E-state index in [-0.39, 0.29) is 0 Å². The zero-order valence-corrected chi connectivity index (χ0v) is 12.1. The third-order valence-electron chi connectivity index (χ3n) is 4.63. The first-order valence-corrected chi connectivity index (χ1v) is 7.46. The third-order valence-corrected chi connectivity index (χ3v) is 4.63. The van der Waals surface area contributed by atoms with Crippen molar-refractivity contribution in [1.29, 1.82) is 0 Å². The fourth-order valence-electron chi connectivity index (χ4n) is 3.73. The van der Waals surface area contributed by atoms with Crippen molar-refractivity contribution in [2.45, 2.75) is 84.7 Å². The van der Waals surface area contributed by atoms with Gasteiger partial charge in [-0.3, -0.25) is 4.90 Å². The highest BCUT2D eigenvalue weighted by Gasteiger charge is 2.46. The highest BCUT2D eigenvalue weighted by molar-refractivity contribution is 5.02. The Hall–Kier alpha value is -0.0400. The number of piperidine rings is 1. The molecule has 2 aliphatic heterocycles. The lowest BCUT2D eigenvalue weighted by Crippen LogP contribution is -2.51. The Morgan fingerprint density at radius 1 is 1.19 bits per heavy atom. The molecule has 0 aromatic heterocycles. The summed E-state index contributed by atoms with van der Waals surface area (Å²) in [6, 6.07) is 0.884. The molecule has 0 bridgehead atoms. The van der Waals surface area contributed by atoms with E-state index in [9.17, 15) is 0 Å². The van der Waals surface area contributed by atoms with Crippen molar-refractivity contribution >= 4 is 0 Å². The average Bonchev–Trinajstić information content (AvgIpc) is 2.71. The minimum absolute atomic E-state index is 0.618. The van der Waals surface area contributed by atoms with Crippen molar-refractivity contribution < 1.29 is 0 Å². The molecular formula is C15H31N. The molecule has 2 atom stereocenters. The van der Waals surface area contributed by atoms with Crippen LogP contribution in [0.15, 0.2) is 0 Å². The van der Waals surface area contributed by atoms with Crippen molar-refractivity contribution in [3.63, 3.8) is 0 Å². The van der Waals surface area contributed by atoms with E-state index < -0.39 is 0 Å². The smallest absolute Gasteiger partial charge is 0.0210 e. The Balaban J connectivity index is 0.000000606. The zero-order chi connectivity index (χ0) is 12.2. The quantitative estimate of drug-likeness (QED) is 0.670. The van der Waals surface area contributed by atoms with E-state index in [0.717, 1.165) is 12.0 Å². The van der Waals surface area contributed by atoms with E-state index in [1.807, 2.05) is 13.8 Å². The molecule has 0 amide bonds. The van der Waals surface area contributed by atoms with Gasteiger partial charge in [0.05, 0.1) is 0 Å². The number of hydrogen-bond donors (Lipinski definition) is 0. The van der Waals surface area contributed by atoms with Crippen LogP contribution < -0.4 is 0 Å².